The van der Waals surface area contributed by atoms with E-state index in [1.54, 1.807) is 6.20 Å². The van der Waals surface area contributed by atoms with Gasteiger partial charge in [0, 0.05) is 25.5 Å². The third-order valence-electron chi connectivity index (χ3n) is 2.60. The first-order chi connectivity index (χ1) is 9.16. The fourth-order valence-electron chi connectivity index (χ4n) is 1.74. The van der Waals surface area contributed by atoms with E-state index in [0.717, 1.165) is 5.69 Å². The largest absolute Gasteiger partial charge is 0.478 e. The summed E-state index contributed by atoms with van der Waals surface area (Å²) in [7, 11) is 1.89. The number of nitrogens with zero attached hydrogens (tertiary/aromatic N) is 4. The quantitative estimate of drug-likeness (QED) is 0.868. The summed E-state index contributed by atoms with van der Waals surface area (Å²) in [5.74, 6) is -1.01. The van der Waals surface area contributed by atoms with E-state index < -0.39 is 5.97 Å². The van der Waals surface area contributed by atoms with Crippen molar-refractivity contribution in [1.82, 2.24) is 19.9 Å². The van der Waals surface area contributed by atoms with Crippen LogP contribution in [-0.4, -0.2) is 38.0 Å². The number of aromatic nitrogens is 3. The summed E-state index contributed by atoms with van der Waals surface area (Å²) in [6.45, 7) is 1.06. The number of carboxylic acids is 1. The van der Waals surface area contributed by atoms with Gasteiger partial charge in [-0.3, -0.25) is 9.88 Å². The number of hydrogen-bond donors (Lipinski definition) is 1. The maximum atomic E-state index is 11.1. The molecule has 0 saturated heterocycles. The van der Waals surface area contributed by atoms with Crippen LogP contribution in [0.4, 0.5) is 0 Å². The topological polar surface area (TPSA) is 79.2 Å². The number of carboxylic acid groups (broad SMARTS) is 1. The summed E-state index contributed by atoms with van der Waals surface area (Å²) >= 11 is 0. The second-order valence-electron chi connectivity index (χ2n) is 4.18. The minimum Gasteiger partial charge on any atom is -0.478 e. The predicted octanol–water partition coefficient (Wildman–Crippen LogP) is 1.20. The number of rotatable bonds is 5. The molecule has 2 heterocycles. The zero-order valence-electron chi connectivity index (χ0n) is 10.5. The average molecular weight is 258 g/mol. The van der Waals surface area contributed by atoms with Gasteiger partial charge in [-0.05, 0) is 19.2 Å². The fourth-order valence-corrected chi connectivity index (χ4v) is 1.74. The first kappa shape index (κ1) is 13.1. The van der Waals surface area contributed by atoms with Crippen LogP contribution in [-0.2, 0) is 13.1 Å². The van der Waals surface area contributed by atoms with Crippen LogP contribution < -0.4 is 0 Å². The highest BCUT2D eigenvalue weighted by Crippen LogP contribution is 2.08. The van der Waals surface area contributed by atoms with Gasteiger partial charge in [0.15, 0.2) is 0 Å². The van der Waals surface area contributed by atoms with Gasteiger partial charge >= 0.3 is 5.97 Å². The van der Waals surface area contributed by atoms with Crippen molar-refractivity contribution in [2.75, 3.05) is 7.05 Å². The van der Waals surface area contributed by atoms with Crippen molar-refractivity contribution in [3.8, 4) is 0 Å². The molecule has 0 fully saturated rings. The Bertz CT molecular complexity index is 560. The Balaban J connectivity index is 2.07. The molecule has 0 unspecified atom stereocenters. The molecule has 0 atom stereocenters. The van der Waals surface area contributed by atoms with Gasteiger partial charge in [-0.1, -0.05) is 6.07 Å². The summed E-state index contributed by atoms with van der Waals surface area (Å²) in [5.41, 5.74) is 1.56. The lowest BCUT2D eigenvalue weighted by molar-refractivity contribution is 0.0693. The fraction of sp³-hybridized carbons (Fsp3) is 0.231. The Morgan fingerprint density at radius 3 is 2.84 bits per heavy atom. The maximum absolute atomic E-state index is 11.1. The van der Waals surface area contributed by atoms with Gasteiger partial charge < -0.3 is 5.11 Å². The number of aromatic carboxylic acids is 1. The summed E-state index contributed by atoms with van der Waals surface area (Å²) in [5, 5.41) is 9.06. The van der Waals surface area contributed by atoms with Gasteiger partial charge in [0.25, 0.3) is 0 Å². The van der Waals surface area contributed by atoms with Crippen molar-refractivity contribution in [3.05, 3.63) is 53.9 Å². The van der Waals surface area contributed by atoms with Crippen LogP contribution in [0.1, 0.15) is 21.7 Å². The Kier molecular flexibility index (Phi) is 4.15. The molecule has 2 aromatic heterocycles. The molecule has 0 aliphatic heterocycles. The first-order valence-corrected chi connectivity index (χ1v) is 5.77. The van der Waals surface area contributed by atoms with Crippen molar-refractivity contribution in [3.63, 3.8) is 0 Å². The van der Waals surface area contributed by atoms with Gasteiger partial charge in [-0.25, -0.2) is 14.8 Å². The Morgan fingerprint density at radius 2 is 2.16 bits per heavy atom. The van der Waals surface area contributed by atoms with Crippen LogP contribution in [0.2, 0.25) is 0 Å². The molecule has 0 radical (unpaired) electrons. The molecule has 6 heteroatoms. The first-order valence-electron chi connectivity index (χ1n) is 5.77. The van der Waals surface area contributed by atoms with E-state index in [2.05, 4.69) is 15.0 Å². The molecule has 98 valence electrons. The minimum atomic E-state index is -1.01. The SMILES string of the molecule is CN(Cc1ccccn1)Cc1ncncc1C(=O)O. The second kappa shape index (κ2) is 6.01. The van der Waals surface area contributed by atoms with E-state index in [1.807, 2.05) is 30.1 Å². The van der Waals surface area contributed by atoms with Gasteiger partial charge in [0.1, 0.15) is 11.9 Å². The third-order valence-corrected chi connectivity index (χ3v) is 2.60. The predicted molar refractivity (Wildman–Crippen MR) is 68.4 cm³/mol. The van der Waals surface area contributed by atoms with Crippen molar-refractivity contribution in [2.24, 2.45) is 0 Å². The molecule has 1 N–H and O–H groups in total. The normalized spacial score (nSPS) is 10.6. The molecular formula is C13H14N4O2. The van der Waals surface area contributed by atoms with E-state index in [4.69, 9.17) is 5.11 Å². The van der Waals surface area contributed by atoms with E-state index in [9.17, 15) is 4.79 Å². The van der Waals surface area contributed by atoms with Crippen LogP contribution >= 0.6 is 0 Å². The standard InChI is InChI=1S/C13H14N4O2/c1-17(7-10-4-2-3-5-15-10)8-12-11(13(18)19)6-14-9-16-12/h2-6,9H,7-8H2,1H3,(H,18,19). The highest BCUT2D eigenvalue weighted by atomic mass is 16.4. The number of pyridine rings is 1. The Labute approximate surface area is 110 Å². The van der Waals surface area contributed by atoms with Gasteiger partial charge in [-0.2, -0.15) is 0 Å². The summed E-state index contributed by atoms with van der Waals surface area (Å²) < 4.78 is 0. The zero-order chi connectivity index (χ0) is 13.7. The van der Waals surface area contributed by atoms with Crippen molar-refractivity contribution in [1.29, 1.82) is 0 Å². The molecule has 0 saturated carbocycles. The zero-order valence-corrected chi connectivity index (χ0v) is 10.5. The van der Waals surface area contributed by atoms with Gasteiger partial charge in [0.2, 0.25) is 0 Å². The molecule has 19 heavy (non-hydrogen) atoms. The molecule has 2 rings (SSSR count). The monoisotopic (exact) mass is 258 g/mol. The molecule has 0 aliphatic carbocycles. The number of carbonyl (C=O) groups is 1. The summed E-state index contributed by atoms with van der Waals surface area (Å²) in [4.78, 5) is 25.0. The lowest BCUT2D eigenvalue weighted by atomic mass is 10.2. The van der Waals surface area contributed by atoms with E-state index in [1.165, 1.54) is 12.5 Å². The van der Waals surface area contributed by atoms with Crippen molar-refractivity contribution in [2.45, 2.75) is 13.1 Å². The van der Waals surface area contributed by atoms with E-state index in [0.29, 0.717) is 18.8 Å². The Hall–Kier alpha value is -2.34. The summed E-state index contributed by atoms with van der Waals surface area (Å²) in [6.07, 6.45) is 4.41. The smallest absolute Gasteiger partial charge is 0.339 e. The van der Waals surface area contributed by atoms with Gasteiger partial charge in [-0.15, -0.1) is 0 Å². The highest BCUT2D eigenvalue weighted by Gasteiger charge is 2.13. The molecular weight excluding hydrogens is 244 g/mol. The maximum Gasteiger partial charge on any atom is 0.339 e. The molecule has 0 aliphatic rings. The van der Waals surface area contributed by atoms with Crippen LogP contribution in [0.25, 0.3) is 0 Å². The summed E-state index contributed by atoms with van der Waals surface area (Å²) in [6, 6.07) is 5.70. The van der Waals surface area contributed by atoms with Crippen molar-refractivity contribution < 1.29 is 9.90 Å². The van der Waals surface area contributed by atoms with Crippen LogP contribution in [0.3, 0.4) is 0 Å². The molecule has 0 bridgehead atoms. The second-order valence-corrected chi connectivity index (χ2v) is 4.18. The van der Waals surface area contributed by atoms with E-state index >= 15 is 0 Å². The lowest BCUT2D eigenvalue weighted by Gasteiger charge is -2.16. The van der Waals surface area contributed by atoms with Crippen LogP contribution in [0.5, 0.6) is 0 Å². The molecule has 2 aromatic rings. The van der Waals surface area contributed by atoms with Crippen molar-refractivity contribution >= 4 is 5.97 Å². The number of hydrogen-bond acceptors (Lipinski definition) is 5. The van der Waals surface area contributed by atoms with Crippen LogP contribution in [0.15, 0.2) is 36.9 Å². The van der Waals surface area contributed by atoms with Crippen LogP contribution in [0, 0.1) is 0 Å². The third kappa shape index (κ3) is 3.56. The lowest BCUT2D eigenvalue weighted by Crippen LogP contribution is -2.20. The molecule has 0 amide bonds. The molecule has 6 nitrogen and oxygen atoms in total. The highest BCUT2D eigenvalue weighted by molar-refractivity contribution is 5.88. The minimum absolute atomic E-state index is 0.135. The molecule has 0 aromatic carbocycles. The molecule has 0 spiro atoms. The van der Waals surface area contributed by atoms with Gasteiger partial charge in [0.05, 0.1) is 11.4 Å². The Morgan fingerprint density at radius 1 is 1.32 bits per heavy atom. The average Bonchev–Trinajstić information content (AvgIpc) is 2.40. The van der Waals surface area contributed by atoms with E-state index in [-0.39, 0.29) is 5.56 Å².